The van der Waals surface area contributed by atoms with Crippen molar-refractivity contribution in [3.8, 4) is 5.75 Å². The van der Waals surface area contributed by atoms with Gasteiger partial charge in [0.2, 0.25) is 5.91 Å². The number of piperidine rings is 1. The Bertz CT molecular complexity index is 1240. The van der Waals surface area contributed by atoms with E-state index < -0.39 is 12.0 Å². The fraction of sp³-hybridized carbons (Fsp3) is 0.269. The summed E-state index contributed by atoms with van der Waals surface area (Å²) in [7, 11) is 0. The van der Waals surface area contributed by atoms with E-state index in [1.807, 2.05) is 48.5 Å². The summed E-state index contributed by atoms with van der Waals surface area (Å²) in [4.78, 5) is 42.2. The molecule has 0 bridgehead atoms. The number of carbonyl (C=O) groups is 3. The van der Waals surface area contributed by atoms with Crippen molar-refractivity contribution >= 4 is 34.2 Å². The highest BCUT2D eigenvalue weighted by atomic mass is 16.5. The zero-order valence-corrected chi connectivity index (χ0v) is 18.1. The quantitative estimate of drug-likeness (QED) is 0.674. The molecule has 7 nitrogen and oxygen atoms in total. The average molecular weight is 444 g/mol. The number of carbonyl (C=O) groups excluding carboxylic acids is 3. The molecule has 3 amide bonds. The molecular formula is C26H25N3O4. The second-order valence-electron chi connectivity index (χ2n) is 8.54. The van der Waals surface area contributed by atoms with Crippen molar-refractivity contribution in [3.63, 3.8) is 0 Å². The minimum absolute atomic E-state index is 0.0679. The van der Waals surface area contributed by atoms with Crippen molar-refractivity contribution in [3.05, 3.63) is 72.3 Å². The zero-order chi connectivity index (χ0) is 22.9. The fourth-order valence-electron chi connectivity index (χ4n) is 4.76. The first-order valence-corrected chi connectivity index (χ1v) is 11.2. The predicted octanol–water partition coefficient (Wildman–Crippen LogP) is 2.97. The molecule has 7 heteroatoms. The number of para-hydroxylation sites is 2. The van der Waals surface area contributed by atoms with E-state index in [9.17, 15) is 14.4 Å². The molecule has 0 aliphatic carbocycles. The molecule has 3 aromatic carbocycles. The van der Waals surface area contributed by atoms with Crippen LogP contribution in [-0.2, 0) is 9.59 Å². The van der Waals surface area contributed by atoms with E-state index in [4.69, 9.17) is 10.5 Å². The van der Waals surface area contributed by atoms with Crippen LogP contribution in [0.5, 0.6) is 5.75 Å². The number of ether oxygens (including phenoxy) is 1. The fourth-order valence-corrected chi connectivity index (χ4v) is 4.76. The lowest BCUT2D eigenvalue weighted by Gasteiger charge is -2.38. The van der Waals surface area contributed by atoms with Gasteiger partial charge in [-0.1, -0.05) is 48.5 Å². The van der Waals surface area contributed by atoms with Crippen LogP contribution in [0.3, 0.4) is 0 Å². The summed E-state index contributed by atoms with van der Waals surface area (Å²) in [6.07, 6.45) is 0.512. The van der Waals surface area contributed by atoms with Crippen LogP contribution in [0.4, 0.5) is 5.69 Å². The van der Waals surface area contributed by atoms with Crippen LogP contribution >= 0.6 is 0 Å². The Hall–Kier alpha value is -3.87. The molecule has 3 aromatic rings. The van der Waals surface area contributed by atoms with Gasteiger partial charge in [0.15, 0.2) is 6.10 Å². The van der Waals surface area contributed by atoms with Crippen LogP contribution in [0.25, 0.3) is 10.8 Å². The number of primary amides is 1. The van der Waals surface area contributed by atoms with Gasteiger partial charge in [-0.3, -0.25) is 14.4 Å². The topological polar surface area (TPSA) is 92.9 Å². The molecule has 2 heterocycles. The summed E-state index contributed by atoms with van der Waals surface area (Å²) < 4.78 is 5.69. The lowest BCUT2D eigenvalue weighted by Crippen LogP contribution is -2.53. The highest BCUT2D eigenvalue weighted by Crippen LogP contribution is 2.35. The van der Waals surface area contributed by atoms with Crippen molar-refractivity contribution in [2.24, 2.45) is 11.7 Å². The Balaban J connectivity index is 1.39. The summed E-state index contributed by atoms with van der Waals surface area (Å²) in [6, 6.07) is 20.7. The van der Waals surface area contributed by atoms with E-state index >= 15 is 0 Å². The molecule has 0 unspecified atom stereocenters. The third-order valence-corrected chi connectivity index (χ3v) is 6.43. The Morgan fingerprint density at radius 2 is 1.67 bits per heavy atom. The smallest absolute Gasteiger partial charge is 0.260 e. The first kappa shape index (κ1) is 21.0. The first-order chi connectivity index (χ1) is 16.0. The lowest BCUT2D eigenvalue weighted by molar-refractivity contribution is -0.126. The molecular weight excluding hydrogens is 418 g/mol. The Labute approximate surface area is 191 Å². The number of benzene rings is 3. The van der Waals surface area contributed by atoms with Gasteiger partial charge in [-0.2, -0.15) is 0 Å². The van der Waals surface area contributed by atoms with Gasteiger partial charge in [0, 0.05) is 18.7 Å². The largest absolute Gasteiger partial charge is 0.477 e. The molecule has 0 radical (unpaired) electrons. The van der Waals surface area contributed by atoms with Crippen molar-refractivity contribution < 1.29 is 19.1 Å². The molecule has 33 heavy (non-hydrogen) atoms. The van der Waals surface area contributed by atoms with E-state index in [1.54, 1.807) is 28.0 Å². The summed E-state index contributed by atoms with van der Waals surface area (Å²) in [5, 5.41) is 1.92. The number of amides is 3. The standard InChI is InChI=1S/C26H25N3O4/c27-24(30)23-16-29(21-12-3-4-13-22(21)33-23)25(31)18-9-6-14-28(15-18)26(32)20-11-5-8-17-7-1-2-10-19(17)20/h1-5,7-8,10-13,18,23H,6,9,14-16H2,(H2,27,30)/t18-,23-/m1/s1. The van der Waals surface area contributed by atoms with Crippen LogP contribution in [0.15, 0.2) is 66.7 Å². The highest BCUT2D eigenvalue weighted by molar-refractivity contribution is 6.07. The van der Waals surface area contributed by atoms with Crippen LogP contribution in [0.1, 0.15) is 23.2 Å². The summed E-state index contributed by atoms with van der Waals surface area (Å²) in [5.41, 5.74) is 6.75. The molecule has 168 valence electrons. The molecule has 0 spiro atoms. The van der Waals surface area contributed by atoms with Gasteiger partial charge in [0.1, 0.15) is 5.75 Å². The molecule has 0 saturated carbocycles. The van der Waals surface area contributed by atoms with Crippen LogP contribution in [0, 0.1) is 5.92 Å². The molecule has 2 aliphatic rings. The van der Waals surface area contributed by atoms with E-state index in [0.717, 1.165) is 17.2 Å². The normalized spacial score (nSPS) is 20.1. The minimum atomic E-state index is -0.902. The minimum Gasteiger partial charge on any atom is -0.477 e. The number of likely N-dealkylation sites (tertiary alicyclic amines) is 1. The van der Waals surface area contributed by atoms with E-state index in [0.29, 0.717) is 36.5 Å². The van der Waals surface area contributed by atoms with Crippen LogP contribution < -0.4 is 15.4 Å². The second kappa shape index (κ2) is 8.58. The molecule has 2 aliphatic heterocycles. The van der Waals surface area contributed by atoms with Crippen molar-refractivity contribution in [2.75, 3.05) is 24.5 Å². The van der Waals surface area contributed by atoms with Crippen molar-refractivity contribution in [1.82, 2.24) is 4.90 Å². The van der Waals surface area contributed by atoms with Crippen LogP contribution in [-0.4, -0.2) is 48.4 Å². The molecule has 2 atom stereocenters. The van der Waals surface area contributed by atoms with E-state index in [-0.39, 0.29) is 24.3 Å². The summed E-state index contributed by atoms with van der Waals surface area (Å²) >= 11 is 0. The third kappa shape index (κ3) is 3.91. The number of fused-ring (bicyclic) bond motifs is 2. The predicted molar refractivity (Wildman–Crippen MR) is 125 cm³/mol. The zero-order valence-electron chi connectivity index (χ0n) is 18.1. The number of nitrogens with zero attached hydrogens (tertiary/aromatic N) is 2. The number of hydrogen-bond donors (Lipinski definition) is 1. The number of anilines is 1. The summed E-state index contributed by atoms with van der Waals surface area (Å²) in [5.74, 6) is -0.703. The van der Waals surface area contributed by atoms with E-state index in [1.165, 1.54) is 0 Å². The van der Waals surface area contributed by atoms with Crippen LogP contribution in [0.2, 0.25) is 0 Å². The maximum Gasteiger partial charge on any atom is 0.260 e. The SMILES string of the molecule is NC(=O)[C@H]1CN(C(=O)[C@@H]2CCCN(C(=O)c3cccc4ccccc34)C2)c2ccccc2O1. The first-order valence-electron chi connectivity index (χ1n) is 11.2. The van der Waals surface area contributed by atoms with Crippen molar-refractivity contribution in [2.45, 2.75) is 18.9 Å². The number of hydrogen-bond acceptors (Lipinski definition) is 4. The van der Waals surface area contributed by atoms with Gasteiger partial charge in [0.25, 0.3) is 11.8 Å². The maximum absolute atomic E-state index is 13.6. The molecule has 2 N–H and O–H groups in total. The highest BCUT2D eigenvalue weighted by Gasteiger charge is 2.37. The molecule has 1 saturated heterocycles. The van der Waals surface area contributed by atoms with Crippen molar-refractivity contribution in [1.29, 1.82) is 0 Å². The Morgan fingerprint density at radius 3 is 2.52 bits per heavy atom. The third-order valence-electron chi connectivity index (χ3n) is 6.43. The van der Waals surface area contributed by atoms with Gasteiger partial charge in [0.05, 0.1) is 18.2 Å². The molecule has 0 aromatic heterocycles. The van der Waals surface area contributed by atoms with Gasteiger partial charge in [-0.25, -0.2) is 0 Å². The van der Waals surface area contributed by atoms with Gasteiger partial charge in [-0.15, -0.1) is 0 Å². The maximum atomic E-state index is 13.6. The molecule has 5 rings (SSSR count). The molecule has 1 fully saturated rings. The number of nitrogens with two attached hydrogens (primary N) is 1. The van der Waals surface area contributed by atoms with Gasteiger partial charge >= 0.3 is 0 Å². The lowest BCUT2D eigenvalue weighted by atomic mass is 9.94. The second-order valence-corrected chi connectivity index (χ2v) is 8.54. The number of rotatable bonds is 3. The van der Waals surface area contributed by atoms with Gasteiger partial charge in [-0.05, 0) is 41.8 Å². The van der Waals surface area contributed by atoms with E-state index in [2.05, 4.69) is 0 Å². The summed E-state index contributed by atoms with van der Waals surface area (Å²) in [6.45, 7) is 1.01. The van der Waals surface area contributed by atoms with Gasteiger partial charge < -0.3 is 20.3 Å². The average Bonchev–Trinajstić information content (AvgIpc) is 2.86. The monoisotopic (exact) mass is 443 g/mol. The Kier molecular flexibility index (Phi) is 5.46. The Morgan fingerprint density at radius 1 is 0.909 bits per heavy atom.